The topological polar surface area (TPSA) is 43.8 Å². The first-order chi connectivity index (χ1) is 9.19. The monoisotopic (exact) mass is 264 g/mol. The van der Waals surface area contributed by atoms with E-state index in [9.17, 15) is 9.90 Å². The first kappa shape index (κ1) is 12.2. The van der Waals surface area contributed by atoms with Crippen LogP contribution < -0.4 is 0 Å². The van der Waals surface area contributed by atoms with E-state index in [-0.39, 0.29) is 5.91 Å². The molecule has 0 aromatic heterocycles. The van der Waals surface area contributed by atoms with Gasteiger partial charge >= 0.3 is 0 Å². The third-order valence-electron chi connectivity index (χ3n) is 5.94. The van der Waals surface area contributed by atoms with Gasteiger partial charge in [0.25, 0.3) is 0 Å². The highest BCUT2D eigenvalue weighted by atomic mass is 16.3. The fourth-order valence-corrected chi connectivity index (χ4v) is 5.29. The Hall–Kier alpha value is -0.610. The SMILES string of the molecule is O=C1CCCC2C3CCCN4CCCC(O)(CN12)C34. The van der Waals surface area contributed by atoms with E-state index in [0.29, 0.717) is 31.0 Å². The van der Waals surface area contributed by atoms with Crippen LogP contribution in [0.2, 0.25) is 0 Å². The summed E-state index contributed by atoms with van der Waals surface area (Å²) in [7, 11) is 0. The smallest absolute Gasteiger partial charge is 0.222 e. The van der Waals surface area contributed by atoms with Gasteiger partial charge in [-0.25, -0.2) is 0 Å². The van der Waals surface area contributed by atoms with Gasteiger partial charge in [0.1, 0.15) is 0 Å². The molecule has 4 heteroatoms. The summed E-state index contributed by atoms with van der Waals surface area (Å²) < 4.78 is 0. The van der Waals surface area contributed by atoms with Crippen molar-refractivity contribution in [2.24, 2.45) is 5.92 Å². The number of hydrogen-bond donors (Lipinski definition) is 1. The molecular formula is C15H24N2O2. The molecule has 0 aromatic carbocycles. The quantitative estimate of drug-likeness (QED) is 0.709. The van der Waals surface area contributed by atoms with Crippen LogP contribution in [-0.2, 0) is 4.79 Å². The van der Waals surface area contributed by atoms with Crippen molar-refractivity contribution in [3.63, 3.8) is 0 Å². The molecule has 4 heterocycles. The fraction of sp³-hybridized carbons (Fsp3) is 0.933. The Balaban J connectivity index is 1.71. The van der Waals surface area contributed by atoms with Gasteiger partial charge in [-0.05, 0) is 57.5 Å². The van der Waals surface area contributed by atoms with Crippen molar-refractivity contribution >= 4 is 5.91 Å². The lowest BCUT2D eigenvalue weighted by Crippen LogP contribution is -2.74. The van der Waals surface area contributed by atoms with Crippen LogP contribution in [0.5, 0.6) is 0 Å². The predicted molar refractivity (Wildman–Crippen MR) is 71.6 cm³/mol. The summed E-state index contributed by atoms with van der Waals surface area (Å²) in [6.45, 7) is 2.88. The van der Waals surface area contributed by atoms with E-state index in [1.165, 1.54) is 12.8 Å². The zero-order valence-electron chi connectivity index (χ0n) is 11.6. The molecule has 4 aliphatic rings. The number of amides is 1. The van der Waals surface area contributed by atoms with Crippen molar-refractivity contribution in [2.75, 3.05) is 19.6 Å². The zero-order valence-corrected chi connectivity index (χ0v) is 11.6. The van der Waals surface area contributed by atoms with E-state index in [2.05, 4.69) is 4.90 Å². The number of fused-ring (bicyclic) bond motifs is 2. The molecule has 4 atom stereocenters. The van der Waals surface area contributed by atoms with Crippen LogP contribution >= 0.6 is 0 Å². The number of aliphatic hydroxyl groups is 1. The highest BCUT2D eigenvalue weighted by Gasteiger charge is 2.57. The normalized spacial score (nSPS) is 46.7. The predicted octanol–water partition coefficient (Wildman–Crippen LogP) is 0.987. The molecule has 0 radical (unpaired) electrons. The lowest BCUT2D eigenvalue weighted by Gasteiger charge is -2.61. The molecule has 1 N–H and O–H groups in total. The van der Waals surface area contributed by atoms with Gasteiger partial charge in [0.05, 0.1) is 12.1 Å². The van der Waals surface area contributed by atoms with Crippen molar-refractivity contribution in [3.8, 4) is 0 Å². The minimum absolute atomic E-state index is 0.283. The van der Waals surface area contributed by atoms with E-state index in [4.69, 9.17) is 0 Å². The molecule has 19 heavy (non-hydrogen) atoms. The Morgan fingerprint density at radius 1 is 1.16 bits per heavy atom. The van der Waals surface area contributed by atoms with Crippen LogP contribution in [-0.4, -0.2) is 58.1 Å². The Labute approximate surface area is 114 Å². The van der Waals surface area contributed by atoms with E-state index >= 15 is 0 Å². The number of rotatable bonds is 0. The minimum Gasteiger partial charge on any atom is -0.386 e. The van der Waals surface area contributed by atoms with Crippen molar-refractivity contribution in [1.82, 2.24) is 9.80 Å². The molecule has 0 bridgehead atoms. The molecule has 4 saturated heterocycles. The summed E-state index contributed by atoms with van der Waals surface area (Å²) in [4.78, 5) is 16.8. The molecule has 0 saturated carbocycles. The van der Waals surface area contributed by atoms with Gasteiger partial charge < -0.3 is 10.0 Å². The lowest BCUT2D eigenvalue weighted by molar-refractivity contribution is -0.190. The van der Waals surface area contributed by atoms with E-state index in [0.717, 1.165) is 38.8 Å². The largest absolute Gasteiger partial charge is 0.386 e. The fourth-order valence-electron chi connectivity index (χ4n) is 5.29. The average Bonchev–Trinajstić information content (AvgIpc) is 2.40. The molecule has 0 aliphatic carbocycles. The number of hydrogen-bond acceptors (Lipinski definition) is 3. The summed E-state index contributed by atoms with van der Waals surface area (Å²) in [6, 6.07) is 0.731. The van der Waals surface area contributed by atoms with Crippen LogP contribution in [0.25, 0.3) is 0 Å². The Bertz CT molecular complexity index is 398. The first-order valence-corrected chi connectivity index (χ1v) is 7.95. The van der Waals surface area contributed by atoms with E-state index in [1.54, 1.807) is 0 Å². The maximum absolute atomic E-state index is 12.2. The Morgan fingerprint density at radius 3 is 2.89 bits per heavy atom. The number of piperidine rings is 4. The molecule has 4 nitrogen and oxygen atoms in total. The summed E-state index contributed by atoms with van der Waals surface area (Å²) in [6.07, 6.45) is 7.26. The van der Waals surface area contributed by atoms with E-state index < -0.39 is 5.60 Å². The highest BCUT2D eigenvalue weighted by Crippen LogP contribution is 2.46. The Kier molecular flexibility index (Phi) is 2.68. The zero-order chi connectivity index (χ0) is 13.0. The van der Waals surface area contributed by atoms with Gasteiger partial charge in [-0.3, -0.25) is 9.69 Å². The third kappa shape index (κ3) is 1.69. The van der Waals surface area contributed by atoms with Crippen LogP contribution in [0, 0.1) is 5.92 Å². The second-order valence-corrected chi connectivity index (χ2v) is 6.98. The van der Waals surface area contributed by atoms with Crippen molar-refractivity contribution in [1.29, 1.82) is 0 Å². The third-order valence-corrected chi connectivity index (χ3v) is 5.94. The standard InChI is InChI=1S/C15H24N2O2/c18-13-6-1-5-12-11-4-2-8-16-9-3-7-15(19,14(11)16)10-17(12)13/h11-12,14,19H,1-10H2. The van der Waals surface area contributed by atoms with Crippen LogP contribution in [0.1, 0.15) is 44.9 Å². The molecule has 4 unspecified atom stereocenters. The van der Waals surface area contributed by atoms with Crippen molar-refractivity contribution in [3.05, 3.63) is 0 Å². The second-order valence-electron chi connectivity index (χ2n) is 6.98. The van der Waals surface area contributed by atoms with Crippen molar-refractivity contribution < 1.29 is 9.90 Å². The highest BCUT2D eigenvalue weighted by molar-refractivity contribution is 5.77. The van der Waals surface area contributed by atoms with Crippen LogP contribution in [0.4, 0.5) is 0 Å². The summed E-state index contributed by atoms with van der Waals surface area (Å²) in [5.74, 6) is 0.794. The van der Waals surface area contributed by atoms with Gasteiger partial charge in [0.2, 0.25) is 5.91 Å². The van der Waals surface area contributed by atoms with Gasteiger partial charge in [-0.15, -0.1) is 0 Å². The summed E-state index contributed by atoms with van der Waals surface area (Å²) in [5.41, 5.74) is -0.632. The Morgan fingerprint density at radius 2 is 2.00 bits per heavy atom. The summed E-state index contributed by atoms with van der Waals surface area (Å²) >= 11 is 0. The first-order valence-electron chi connectivity index (χ1n) is 7.95. The van der Waals surface area contributed by atoms with Gasteiger partial charge in [-0.1, -0.05) is 0 Å². The number of carbonyl (C=O) groups is 1. The van der Waals surface area contributed by atoms with Crippen LogP contribution in [0.15, 0.2) is 0 Å². The molecule has 4 rings (SSSR count). The van der Waals surface area contributed by atoms with Gasteiger partial charge in [0.15, 0.2) is 0 Å². The molecule has 0 aromatic rings. The summed E-state index contributed by atoms with van der Waals surface area (Å²) in [5, 5.41) is 11.1. The minimum atomic E-state index is -0.632. The number of nitrogens with zero attached hydrogens (tertiary/aromatic N) is 2. The molecule has 106 valence electrons. The average molecular weight is 264 g/mol. The van der Waals surface area contributed by atoms with Gasteiger partial charge in [-0.2, -0.15) is 0 Å². The molecule has 4 aliphatic heterocycles. The molecule has 4 fully saturated rings. The second kappa shape index (κ2) is 4.19. The van der Waals surface area contributed by atoms with Gasteiger partial charge in [0, 0.05) is 18.5 Å². The number of carbonyl (C=O) groups excluding carboxylic acids is 1. The van der Waals surface area contributed by atoms with Crippen LogP contribution in [0.3, 0.4) is 0 Å². The van der Waals surface area contributed by atoms with Crippen molar-refractivity contribution in [2.45, 2.75) is 62.6 Å². The van der Waals surface area contributed by atoms with E-state index in [1.807, 2.05) is 4.90 Å². The maximum Gasteiger partial charge on any atom is 0.222 e. The molecular weight excluding hydrogens is 240 g/mol. The molecule has 0 spiro atoms. The molecule has 1 amide bonds. The lowest BCUT2D eigenvalue weighted by atomic mass is 9.66. The maximum atomic E-state index is 12.2.